The van der Waals surface area contributed by atoms with Crippen molar-refractivity contribution in [3.63, 3.8) is 0 Å². The number of anilines is 1. The molecule has 124 valence electrons. The molecule has 6 heteroatoms. The van der Waals surface area contributed by atoms with Crippen LogP contribution in [0, 0.1) is 5.82 Å². The Kier molecular flexibility index (Phi) is 4.93. The maximum Gasteiger partial charge on any atom is 0.123 e. The van der Waals surface area contributed by atoms with E-state index in [0.29, 0.717) is 6.54 Å². The molecular weight excluding hydrogens is 293 g/mol. The second-order valence-corrected chi connectivity index (χ2v) is 6.13. The fraction of sp³-hybridized carbons (Fsp3) is 0.471. The first kappa shape index (κ1) is 16.0. The molecule has 1 aromatic heterocycles. The zero-order valence-electron chi connectivity index (χ0n) is 13.7. The van der Waals surface area contributed by atoms with Crippen LogP contribution in [0.1, 0.15) is 24.4 Å². The summed E-state index contributed by atoms with van der Waals surface area (Å²) in [4.78, 5) is 12.0. The molecule has 23 heavy (non-hydrogen) atoms. The number of nitrogens with zero attached hydrogens (tertiary/aromatic N) is 3. The van der Waals surface area contributed by atoms with Crippen molar-refractivity contribution in [2.45, 2.75) is 19.5 Å². The van der Waals surface area contributed by atoms with Crippen molar-refractivity contribution in [3.8, 4) is 0 Å². The van der Waals surface area contributed by atoms with Crippen LogP contribution < -0.4 is 10.2 Å². The van der Waals surface area contributed by atoms with E-state index in [2.05, 4.69) is 39.1 Å². The molecule has 0 aliphatic carbocycles. The summed E-state index contributed by atoms with van der Waals surface area (Å²) in [6.07, 6.45) is 3.54. The van der Waals surface area contributed by atoms with Crippen LogP contribution in [-0.4, -0.2) is 48.1 Å². The quantitative estimate of drug-likeness (QED) is 0.887. The Hall–Kier alpha value is -1.92. The lowest BCUT2D eigenvalue weighted by Crippen LogP contribution is -2.45. The summed E-state index contributed by atoms with van der Waals surface area (Å²) >= 11 is 0. The lowest BCUT2D eigenvalue weighted by molar-refractivity contribution is 0.312. The van der Waals surface area contributed by atoms with E-state index in [-0.39, 0.29) is 11.9 Å². The average Bonchev–Trinajstić information content (AvgIpc) is 3.07. The third-order valence-electron chi connectivity index (χ3n) is 4.43. The van der Waals surface area contributed by atoms with Gasteiger partial charge in [0.15, 0.2) is 0 Å². The predicted molar refractivity (Wildman–Crippen MR) is 90.0 cm³/mol. The van der Waals surface area contributed by atoms with Gasteiger partial charge >= 0.3 is 0 Å². The van der Waals surface area contributed by atoms with Crippen molar-refractivity contribution in [1.82, 2.24) is 20.2 Å². The van der Waals surface area contributed by atoms with Crippen molar-refractivity contribution < 1.29 is 4.39 Å². The number of aromatic nitrogens is 2. The number of aromatic amines is 1. The number of rotatable bonds is 5. The molecule has 0 saturated carbocycles. The second-order valence-electron chi connectivity index (χ2n) is 6.13. The van der Waals surface area contributed by atoms with E-state index in [1.807, 2.05) is 6.07 Å². The second kappa shape index (κ2) is 7.10. The molecule has 1 atom stereocenters. The predicted octanol–water partition coefficient (Wildman–Crippen LogP) is 2.15. The van der Waals surface area contributed by atoms with Gasteiger partial charge in [0.2, 0.25) is 0 Å². The van der Waals surface area contributed by atoms with Crippen LogP contribution in [0.25, 0.3) is 0 Å². The molecule has 0 unspecified atom stereocenters. The molecular formula is C17H24FN5. The van der Waals surface area contributed by atoms with Gasteiger partial charge in [-0.2, -0.15) is 0 Å². The molecule has 1 aromatic carbocycles. The summed E-state index contributed by atoms with van der Waals surface area (Å²) in [6, 6.07) is 5.15. The molecule has 0 spiro atoms. The highest BCUT2D eigenvalue weighted by Crippen LogP contribution is 2.28. The molecule has 5 nitrogen and oxygen atoms in total. The minimum Gasteiger partial charge on any atom is -0.369 e. The van der Waals surface area contributed by atoms with Crippen LogP contribution in [0.2, 0.25) is 0 Å². The molecule has 0 radical (unpaired) electrons. The van der Waals surface area contributed by atoms with Crippen LogP contribution in [0.5, 0.6) is 0 Å². The molecule has 2 N–H and O–H groups in total. The largest absolute Gasteiger partial charge is 0.369 e. The monoisotopic (exact) mass is 317 g/mol. The zero-order chi connectivity index (χ0) is 16.2. The van der Waals surface area contributed by atoms with Gasteiger partial charge in [-0.15, -0.1) is 0 Å². The van der Waals surface area contributed by atoms with Crippen molar-refractivity contribution in [3.05, 3.63) is 47.8 Å². The Morgan fingerprint density at radius 3 is 2.78 bits per heavy atom. The van der Waals surface area contributed by atoms with Gasteiger partial charge < -0.3 is 20.1 Å². The zero-order valence-corrected chi connectivity index (χ0v) is 13.7. The third kappa shape index (κ3) is 3.89. The Morgan fingerprint density at radius 1 is 1.30 bits per heavy atom. The van der Waals surface area contributed by atoms with E-state index >= 15 is 0 Å². The van der Waals surface area contributed by atoms with Gasteiger partial charge in [0.1, 0.15) is 11.6 Å². The Balaban J connectivity index is 1.75. The number of hydrogen-bond donors (Lipinski definition) is 2. The minimum atomic E-state index is -0.190. The third-order valence-corrected chi connectivity index (χ3v) is 4.43. The fourth-order valence-corrected chi connectivity index (χ4v) is 2.96. The highest BCUT2D eigenvalue weighted by Gasteiger charge is 2.20. The average molecular weight is 317 g/mol. The molecule has 0 amide bonds. The summed E-state index contributed by atoms with van der Waals surface area (Å²) in [7, 11) is 2.14. The lowest BCUT2D eigenvalue weighted by Gasteiger charge is -2.36. The highest BCUT2D eigenvalue weighted by molar-refractivity contribution is 5.55. The van der Waals surface area contributed by atoms with Crippen LogP contribution in [-0.2, 0) is 6.54 Å². The van der Waals surface area contributed by atoms with E-state index in [0.717, 1.165) is 43.3 Å². The van der Waals surface area contributed by atoms with Crippen molar-refractivity contribution in [2.75, 3.05) is 38.1 Å². The molecule has 3 rings (SSSR count). The number of piperazine rings is 1. The van der Waals surface area contributed by atoms with Crippen LogP contribution in [0.15, 0.2) is 30.6 Å². The molecule has 1 aliphatic rings. The van der Waals surface area contributed by atoms with Crippen LogP contribution >= 0.6 is 0 Å². The normalized spacial score (nSPS) is 17.4. The molecule has 1 fully saturated rings. The van der Waals surface area contributed by atoms with E-state index < -0.39 is 0 Å². The summed E-state index contributed by atoms with van der Waals surface area (Å²) in [6.45, 7) is 6.71. The lowest BCUT2D eigenvalue weighted by atomic mass is 10.0. The smallest absolute Gasteiger partial charge is 0.123 e. The first-order valence-electron chi connectivity index (χ1n) is 8.08. The van der Waals surface area contributed by atoms with Gasteiger partial charge in [-0.1, -0.05) is 0 Å². The van der Waals surface area contributed by atoms with Crippen LogP contribution in [0.4, 0.5) is 10.1 Å². The van der Waals surface area contributed by atoms with E-state index in [1.54, 1.807) is 24.5 Å². The fourth-order valence-electron chi connectivity index (χ4n) is 2.96. The number of likely N-dealkylation sites (N-methyl/N-ethyl adjacent to an activating group) is 1. The number of nitrogens with one attached hydrogen (secondary N) is 2. The molecule has 2 aromatic rings. The molecule has 0 bridgehead atoms. The van der Waals surface area contributed by atoms with E-state index in [9.17, 15) is 4.39 Å². The summed E-state index contributed by atoms with van der Waals surface area (Å²) in [5.41, 5.74) is 2.13. The van der Waals surface area contributed by atoms with Crippen LogP contribution in [0.3, 0.4) is 0 Å². The van der Waals surface area contributed by atoms with Crippen molar-refractivity contribution in [2.24, 2.45) is 0 Å². The topological polar surface area (TPSA) is 47.2 Å². The van der Waals surface area contributed by atoms with Gasteiger partial charge in [-0.25, -0.2) is 9.37 Å². The standard InChI is InChI=1S/C17H24FN5/c1-13(21-12-17-19-5-6-20-17)15-11-14(18)3-4-16(15)23-9-7-22(2)8-10-23/h3-6,11,13,21H,7-10,12H2,1-2H3,(H,19,20)/t13-/m1/s1. The minimum absolute atomic E-state index is 0.0467. The Labute approximate surface area is 136 Å². The maximum atomic E-state index is 13.8. The summed E-state index contributed by atoms with van der Waals surface area (Å²) < 4.78 is 13.8. The summed E-state index contributed by atoms with van der Waals surface area (Å²) in [5, 5.41) is 3.42. The van der Waals surface area contributed by atoms with E-state index in [1.165, 1.54) is 0 Å². The van der Waals surface area contributed by atoms with E-state index in [4.69, 9.17) is 0 Å². The number of imidazole rings is 1. The van der Waals surface area contributed by atoms with Gasteiger partial charge in [-0.05, 0) is 37.7 Å². The Morgan fingerprint density at radius 2 is 2.09 bits per heavy atom. The van der Waals surface area contributed by atoms with Crippen molar-refractivity contribution in [1.29, 1.82) is 0 Å². The SMILES string of the molecule is C[C@@H](NCc1ncc[nH]1)c1cc(F)ccc1N1CCN(C)CC1. The molecule has 1 aliphatic heterocycles. The van der Waals surface area contributed by atoms with Gasteiger partial charge in [0, 0.05) is 50.3 Å². The number of halogens is 1. The van der Waals surface area contributed by atoms with Gasteiger partial charge in [-0.3, -0.25) is 0 Å². The number of hydrogen-bond acceptors (Lipinski definition) is 4. The molecule has 1 saturated heterocycles. The number of H-pyrrole nitrogens is 1. The maximum absolute atomic E-state index is 13.8. The van der Waals surface area contributed by atoms with Crippen molar-refractivity contribution >= 4 is 5.69 Å². The first-order valence-corrected chi connectivity index (χ1v) is 8.08. The Bertz CT molecular complexity index is 620. The first-order chi connectivity index (χ1) is 11.1. The van der Waals surface area contributed by atoms with Gasteiger partial charge in [0.25, 0.3) is 0 Å². The highest BCUT2D eigenvalue weighted by atomic mass is 19.1. The number of benzene rings is 1. The summed E-state index contributed by atoms with van der Waals surface area (Å²) in [5.74, 6) is 0.693. The van der Waals surface area contributed by atoms with Gasteiger partial charge in [0.05, 0.1) is 6.54 Å². The molecule has 2 heterocycles.